The standard InChI is InChI=1S/C18H26BrNO/c1-16(2)9-17(3,4)11-18(10-16)8-14(20)13-6-5-12(19)7-15(13)21-18/h5-7,14H,8-11,20H2,1-4H3. The van der Waals surface area contributed by atoms with Gasteiger partial charge in [-0.05, 0) is 42.2 Å². The van der Waals surface area contributed by atoms with Crippen LogP contribution in [0.1, 0.15) is 65.0 Å². The van der Waals surface area contributed by atoms with E-state index in [1.165, 1.54) is 6.42 Å². The molecule has 21 heavy (non-hydrogen) atoms. The lowest BCUT2D eigenvalue weighted by atomic mass is 9.58. The molecule has 1 aliphatic carbocycles. The second-order valence-corrected chi connectivity index (χ2v) is 9.55. The van der Waals surface area contributed by atoms with Crippen LogP contribution < -0.4 is 10.5 Å². The zero-order valence-electron chi connectivity index (χ0n) is 13.5. The van der Waals surface area contributed by atoms with Crippen LogP contribution in [0.3, 0.4) is 0 Å². The first-order valence-corrected chi connectivity index (χ1v) is 8.63. The smallest absolute Gasteiger partial charge is 0.126 e. The Morgan fingerprint density at radius 3 is 2.33 bits per heavy atom. The number of hydrogen-bond donors (Lipinski definition) is 1. The maximum Gasteiger partial charge on any atom is 0.126 e. The molecule has 2 N–H and O–H groups in total. The van der Waals surface area contributed by atoms with Crippen molar-refractivity contribution in [1.82, 2.24) is 0 Å². The van der Waals surface area contributed by atoms with Gasteiger partial charge in [-0.3, -0.25) is 0 Å². The SMILES string of the molecule is CC1(C)CC(C)(C)CC2(CC(N)c3ccc(Br)cc3O2)C1. The molecule has 1 aromatic carbocycles. The summed E-state index contributed by atoms with van der Waals surface area (Å²) in [6, 6.07) is 6.29. The lowest BCUT2D eigenvalue weighted by molar-refractivity contribution is -0.0839. The van der Waals surface area contributed by atoms with Gasteiger partial charge in [-0.2, -0.15) is 0 Å². The molecule has 1 heterocycles. The minimum absolute atomic E-state index is 0.0755. The van der Waals surface area contributed by atoms with Crippen molar-refractivity contribution < 1.29 is 4.74 Å². The van der Waals surface area contributed by atoms with Gasteiger partial charge in [0.05, 0.1) is 0 Å². The molecule has 1 fully saturated rings. The van der Waals surface area contributed by atoms with Crippen LogP contribution in [0.25, 0.3) is 0 Å². The van der Waals surface area contributed by atoms with E-state index in [2.05, 4.69) is 61.8 Å². The molecule has 0 radical (unpaired) electrons. The normalized spacial score (nSPS) is 28.8. The fraction of sp³-hybridized carbons (Fsp3) is 0.667. The van der Waals surface area contributed by atoms with Crippen molar-refractivity contribution in [3.05, 3.63) is 28.2 Å². The molecule has 1 aromatic rings. The number of hydrogen-bond acceptors (Lipinski definition) is 2. The van der Waals surface area contributed by atoms with Gasteiger partial charge in [0.25, 0.3) is 0 Å². The summed E-state index contributed by atoms with van der Waals surface area (Å²) in [6.07, 6.45) is 4.34. The van der Waals surface area contributed by atoms with E-state index in [1.807, 2.05) is 0 Å². The van der Waals surface area contributed by atoms with Crippen molar-refractivity contribution >= 4 is 15.9 Å². The first-order valence-electron chi connectivity index (χ1n) is 7.84. The summed E-state index contributed by atoms with van der Waals surface area (Å²) in [7, 11) is 0. The van der Waals surface area contributed by atoms with Crippen molar-refractivity contribution in [2.75, 3.05) is 0 Å². The molecule has 116 valence electrons. The van der Waals surface area contributed by atoms with Gasteiger partial charge in [0.2, 0.25) is 0 Å². The molecule has 1 aliphatic heterocycles. The van der Waals surface area contributed by atoms with Crippen LogP contribution in [0.4, 0.5) is 0 Å². The van der Waals surface area contributed by atoms with Gasteiger partial charge in [-0.25, -0.2) is 0 Å². The summed E-state index contributed by atoms with van der Waals surface area (Å²) >= 11 is 3.55. The molecule has 0 saturated heterocycles. The lowest BCUT2D eigenvalue weighted by Gasteiger charge is -2.54. The van der Waals surface area contributed by atoms with Gasteiger partial charge in [-0.1, -0.05) is 49.7 Å². The zero-order chi connectivity index (χ0) is 15.5. The largest absolute Gasteiger partial charge is 0.487 e. The van der Waals surface area contributed by atoms with Gasteiger partial charge in [0.1, 0.15) is 11.4 Å². The second-order valence-electron chi connectivity index (χ2n) is 8.64. The van der Waals surface area contributed by atoms with Crippen molar-refractivity contribution in [1.29, 1.82) is 0 Å². The van der Waals surface area contributed by atoms with Gasteiger partial charge < -0.3 is 10.5 Å². The average molecular weight is 352 g/mol. The van der Waals surface area contributed by atoms with Crippen LogP contribution in [0, 0.1) is 10.8 Å². The van der Waals surface area contributed by atoms with Crippen LogP contribution in [-0.2, 0) is 0 Å². The molecule has 0 aromatic heterocycles. The number of benzene rings is 1. The number of halogens is 1. The topological polar surface area (TPSA) is 35.2 Å². The second kappa shape index (κ2) is 4.73. The van der Waals surface area contributed by atoms with Crippen molar-refractivity contribution in [3.63, 3.8) is 0 Å². The highest BCUT2D eigenvalue weighted by atomic mass is 79.9. The van der Waals surface area contributed by atoms with Gasteiger partial charge in [0.15, 0.2) is 0 Å². The van der Waals surface area contributed by atoms with Crippen LogP contribution in [0.15, 0.2) is 22.7 Å². The van der Waals surface area contributed by atoms with Crippen LogP contribution in [-0.4, -0.2) is 5.60 Å². The van der Waals surface area contributed by atoms with E-state index in [1.54, 1.807) is 0 Å². The van der Waals surface area contributed by atoms with E-state index in [-0.39, 0.29) is 11.6 Å². The predicted octanol–water partition coefficient (Wildman–Crippen LogP) is 5.21. The molecule has 3 rings (SSSR count). The molecule has 0 amide bonds. The van der Waals surface area contributed by atoms with E-state index in [9.17, 15) is 0 Å². The highest BCUT2D eigenvalue weighted by Gasteiger charge is 2.51. The zero-order valence-corrected chi connectivity index (χ0v) is 15.1. The van der Waals surface area contributed by atoms with Gasteiger partial charge >= 0.3 is 0 Å². The van der Waals surface area contributed by atoms with Crippen molar-refractivity contribution in [2.45, 2.75) is 65.0 Å². The Balaban J connectivity index is 2.00. The minimum Gasteiger partial charge on any atom is -0.487 e. The third-order valence-corrected chi connectivity index (χ3v) is 5.35. The third-order valence-electron chi connectivity index (χ3n) is 4.85. The fourth-order valence-electron chi connectivity index (χ4n) is 5.13. The Morgan fingerprint density at radius 1 is 1.10 bits per heavy atom. The number of rotatable bonds is 0. The van der Waals surface area contributed by atoms with E-state index >= 15 is 0 Å². The molecule has 1 saturated carbocycles. The monoisotopic (exact) mass is 351 g/mol. The molecule has 1 unspecified atom stereocenters. The van der Waals surface area contributed by atoms with E-state index in [0.29, 0.717) is 10.8 Å². The third kappa shape index (κ3) is 3.00. The Labute approximate surface area is 136 Å². The summed E-state index contributed by atoms with van der Waals surface area (Å²) < 4.78 is 7.63. The molecule has 2 aliphatic rings. The van der Waals surface area contributed by atoms with Crippen molar-refractivity contribution in [3.8, 4) is 5.75 Å². The summed E-state index contributed by atoms with van der Waals surface area (Å²) in [5.41, 5.74) is 8.11. The molecule has 2 nitrogen and oxygen atoms in total. The maximum atomic E-state index is 6.57. The Morgan fingerprint density at radius 2 is 1.71 bits per heavy atom. The first kappa shape index (κ1) is 15.4. The van der Waals surface area contributed by atoms with Gasteiger partial charge in [0, 0.05) is 22.5 Å². The highest BCUT2D eigenvalue weighted by Crippen LogP contribution is 2.56. The maximum absolute atomic E-state index is 6.57. The lowest BCUT2D eigenvalue weighted by Crippen LogP contribution is -2.52. The van der Waals surface area contributed by atoms with E-state index < -0.39 is 0 Å². The van der Waals surface area contributed by atoms with E-state index in [0.717, 1.165) is 35.0 Å². The summed E-state index contributed by atoms with van der Waals surface area (Å²) in [6.45, 7) is 9.45. The van der Waals surface area contributed by atoms with Crippen LogP contribution in [0.2, 0.25) is 0 Å². The summed E-state index contributed by atoms with van der Waals surface area (Å²) in [5, 5.41) is 0. The molecular weight excluding hydrogens is 326 g/mol. The van der Waals surface area contributed by atoms with Crippen molar-refractivity contribution in [2.24, 2.45) is 16.6 Å². The Hall–Kier alpha value is -0.540. The van der Waals surface area contributed by atoms with Gasteiger partial charge in [-0.15, -0.1) is 0 Å². The summed E-state index contributed by atoms with van der Waals surface area (Å²) in [4.78, 5) is 0. The molecule has 1 spiro atoms. The molecule has 3 heteroatoms. The fourth-order valence-corrected chi connectivity index (χ4v) is 5.47. The molecular formula is C18H26BrNO. The van der Waals surface area contributed by atoms with Crippen LogP contribution in [0.5, 0.6) is 5.75 Å². The average Bonchev–Trinajstić information content (AvgIpc) is 2.22. The number of ether oxygens (including phenoxy) is 1. The summed E-state index contributed by atoms with van der Waals surface area (Å²) in [5.74, 6) is 0.969. The molecule has 0 bridgehead atoms. The highest BCUT2D eigenvalue weighted by molar-refractivity contribution is 9.10. The number of fused-ring (bicyclic) bond motifs is 1. The Bertz CT molecular complexity index is 548. The predicted molar refractivity (Wildman–Crippen MR) is 90.5 cm³/mol. The molecule has 1 atom stereocenters. The minimum atomic E-state index is -0.113. The van der Waals surface area contributed by atoms with E-state index in [4.69, 9.17) is 10.5 Å². The first-order chi connectivity index (χ1) is 9.60. The Kier molecular flexibility index (Phi) is 3.46. The number of nitrogens with two attached hydrogens (primary N) is 1. The quantitative estimate of drug-likeness (QED) is 0.696. The van der Waals surface area contributed by atoms with Crippen LogP contribution >= 0.6 is 15.9 Å².